The minimum absolute atomic E-state index is 0.130. The van der Waals surface area contributed by atoms with Crippen molar-refractivity contribution in [2.75, 3.05) is 20.2 Å². The van der Waals surface area contributed by atoms with Gasteiger partial charge in [0.2, 0.25) is 0 Å². The molecule has 0 bridgehead atoms. The van der Waals surface area contributed by atoms with E-state index in [1.54, 1.807) is 7.05 Å². The molecule has 110 valence electrons. The largest absolute Gasteiger partial charge is 0.389 e. The van der Waals surface area contributed by atoms with E-state index in [1.165, 1.54) is 4.90 Å². The van der Waals surface area contributed by atoms with Crippen molar-refractivity contribution in [2.24, 2.45) is 0 Å². The highest BCUT2D eigenvalue weighted by Crippen LogP contribution is 2.18. The van der Waals surface area contributed by atoms with Gasteiger partial charge in [0.15, 0.2) is 0 Å². The lowest BCUT2D eigenvalue weighted by Gasteiger charge is -2.21. The van der Waals surface area contributed by atoms with Gasteiger partial charge in [0.05, 0.1) is 25.9 Å². The molecule has 1 aromatic carbocycles. The Morgan fingerprint density at radius 1 is 1.45 bits per heavy atom. The molecule has 1 aliphatic rings. The van der Waals surface area contributed by atoms with E-state index in [0.29, 0.717) is 12.6 Å². The molecular weight excluding hydrogens is 256 g/mol. The second-order valence-electron chi connectivity index (χ2n) is 5.26. The molecule has 1 fully saturated rings. The first kappa shape index (κ1) is 14.8. The summed E-state index contributed by atoms with van der Waals surface area (Å²) in [6.45, 7) is 0.958. The summed E-state index contributed by atoms with van der Waals surface area (Å²) < 4.78 is 5.45. The number of benzene rings is 1. The fourth-order valence-electron chi connectivity index (χ4n) is 1.85. The Bertz CT molecular complexity index is 420. The van der Waals surface area contributed by atoms with Crippen LogP contribution in [0, 0.1) is 0 Å². The minimum Gasteiger partial charge on any atom is -0.389 e. The van der Waals surface area contributed by atoms with Crippen molar-refractivity contribution in [3.05, 3.63) is 35.9 Å². The first-order valence-corrected chi connectivity index (χ1v) is 6.96. The highest BCUT2D eigenvalue weighted by Gasteiger charge is 2.25. The van der Waals surface area contributed by atoms with Crippen LogP contribution < -0.4 is 5.32 Å². The number of ether oxygens (including phenoxy) is 1. The van der Waals surface area contributed by atoms with E-state index in [4.69, 9.17) is 4.74 Å². The molecular formula is C15H22N2O3. The third-order valence-corrected chi connectivity index (χ3v) is 3.16. The summed E-state index contributed by atoms with van der Waals surface area (Å²) >= 11 is 0. The second-order valence-corrected chi connectivity index (χ2v) is 5.26. The van der Waals surface area contributed by atoms with Crippen LogP contribution in [0.2, 0.25) is 0 Å². The Balaban J connectivity index is 1.61. The minimum atomic E-state index is -0.673. The summed E-state index contributed by atoms with van der Waals surface area (Å²) in [6, 6.07) is 10.00. The molecule has 5 heteroatoms. The molecule has 20 heavy (non-hydrogen) atoms. The van der Waals surface area contributed by atoms with Crippen molar-refractivity contribution in [2.45, 2.75) is 31.6 Å². The van der Waals surface area contributed by atoms with E-state index in [9.17, 15) is 9.90 Å². The molecule has 2 N–H and O–H groups in total. The van der Waals surface area contributed by atoms with Crippen molar-refractivity contribution in [3.8, 4) is 0 Å². The Labute approximate surface area is 119 Å². The van der Waals surface area contributed by atoms with Gasteiger partial charge in [0.25, 0.3) is 0 Å². The predicted molar refractivity (Wildman–Crippen MR) is 76.3 cm³/mol. The summed E-state index contributed by atoms with van der Waals surface area (Å²) in [7, 11) is 1.68. The number of carbonyl (C=O) groups is 1. The van der Waals surface area contributed by atoms with Gasteiger partial charge in [-0.2, -0.15) is 0 Å². The van der Waals surface area contributed by atoms with Crippen LogP contribution in [0.4, 0.5) is 4.79 Å². The van der Waals surface area contributed by atoms with Gasteiger partial charge in [-0.15, -0.1) is 0 Å². The molecule has 1 aromatic rings. The summed E-state index contributed by atoms with van der Waals surface area (Å²) in [5.41, 5.74) is 1.07. The number of nitrogens with zero attached hydrogens (tertiary/aromatic N) is 1. The standard InChI is InChI=1S/C15H22N2O3/c1-17(15(19)16-13-7-8-13)9-14(18)11-20-10-12-5-3-2-4-6-12/h2-6,13-14,18H,7-11H2,1H3,(H,16,19). The summed E-state index contributed by atoms with van der Waals surface area (Å²) in [4.78, 5) is 13.2. The molecule has 0 radical (unpaired) electrons. The maximum Gasteiger partial charge on any atom is 0.317 e. The topological polar surface area (TPSA) is 61.8 Å². The first-order valence-electron chi connectivity index (χ1n) is 6.96. The van der Waals surface area contributed by atoms with E-state index < -0.39 is 6.10 Å². The van der Waals surface area contributed by atoms with Gasteiger partial charge in [-0.1, -0.05) is 30.3 Å². The molecule has 0 aromatic heterocycles. The van der Waals surface area contributed by atoms with Crippen LogP contribution in [0.1, 0.15) is 18.4 Å². The van der Waals surface area contributed by atoms with E-state index in [-0.39, 0.29) is 19.2 Å². The van der Waals surface area contributed by atoms with Gasteiger partial charge < -0.3 is 20.1 Å². The van der Waals surface area contributed by atoms with Crippen LogP contribution in [0.3, 0.4) is 0 Å². The highest BCUT2D eigenvalue weighted by molar-refractivity contribution is 5.74. The molecule has 0 heterocycles. The van der Waals surface area contributed by atoms with E-state index >= 15 is 0 Å². The van der Waals surface area contributed by atoms with Gasteiger partial charge in [-0.3, -0.25) is 0 Å². The highest BCUT2D eigenvalue weighted by atomic mass is 16.5. The molecule has 0 aliphatic heterocycles. The summed E-state index contributed by atoms with van der Waals surface area (Å²) in [5.74, 6) is 0. The van der Waals surface area contributed by atoms with E-state index in [0.717, 1.165) is 18.4 Å². The Kier molecular flexibility index (Phi) is 5.38. The predicted octanol–water partition coefficient (Wildman–Crippen LogP) is 1.37. The Hall–Kier alpha value is -1.59. The smallest absolute Gasteiger partial charge is 0.317 e. The number of nitrogens with one attached hydrogen (secondary N) is 1. The Morgan fingerprint density at radius 3 is 2.80 bits per heavy atom. The van der Waals surface area contributed by atoms with Crippen molar-refractivity contribution in [3.63, 3.8) is 0 Å². The zero-order valence-electron chi connectivity index (χ0n) is 11.8. The van der Waals surface area contributed by atoms with Gasteiger partial charge in [-0.25, -0.2) is 4.79 Å². The number of amides is 2. The number of carbonyl (C=O) groups excluding carboxylic acids is 1. The monoisotopic (exact) mass is 278 g/mol. The van der Waals surface area contributed by atoms with Crippen LogP contribution in [-0.4, -0.2) is 48.4 Å². The number of hydrogen-bond donors (Lipinski definition) is 2. The average Bonchev–Trinajstić information content (AvgIpc) is 3.23. The van der Waals surface area contributed by atoms with Crippen LogP contribution in [0.15, 0.2) is 30.3 Å². The van der Waals surface area contributed by atoms with Crippen molar-refractivity contribution >= 4 is 6.03 Å². The van der Waals surface area contributed by atoms with Gasteiger partial charge in [0, 0.05) is 13.1 Å². The van der Waals surface area contributed by atoms with Crippen LogP contribution in [0.5, 0.6) is 0 Å². The van der Waals surface area contributed by atoms with Crippen molar-refractivity contribution in [1.82, 2.24) is 10.2 Å². The fourth-order valence-corrected chi connectivity index (χ4v) is 1.85. The number of aliphatic hydroxyl groups excluding tert-OH is 1. The zero-order valence-corrected chi connectivity index (χ0v) is 11.8. The van der Waals surface area contributed by atoms with Crippen molar-refractivity contribution < 1.29 is 14.6 Å². The number of rotatable bonds is 7. The lowest BCUT2D eigenvalue weighted by atomic mass is 10.2. The van der Waals surface area contributed by atoms with E-state index in [1.807, 2.05) is 30.3 Å². The number of hydrogen-bond acceptors (Lipinski definition) is 3. The molecule has 1 saturated carbocycles. The molecule has 5 nitrogen and oxygen atoms in total. The lowest BCUT2D eigenvalue weighted by Crippen LogP contribution is -2.43. The third kappa shape index (κ3) is 5.19. The fraction of sp³-hybridized carbons (Fsp3) is 0.533. The molecule has 2 amide bonds. The van der Waals surface area contributed by atoms with Crippen LogP contribution in [-0.2, 0) is 11.3 Å². The summed E-state index contributed by atoms with van der Waals surface area (Å²) in [5, 5.41) is 12.7. The quantitative estimate of drug-likeness (QED) is 0.792. The molecule has 1 aliphatic carbocycles. The maximum atomic E-state index is 11.7. The molecule has 2 rings (SSSR count). The van der Waals surface area contributed by atoms with Crippen molar-refractivity contribution in [1.29, 1.82) is 0 Å². The first-order chi connectivity index (χ1) is 9.65. The zero-order chi connectivity index (χ0) is 14.4. The van der Waals surface area contributed by atoms with Gasteiger partial charge in [0.1, 0.15) is 0 Å². The van der Waals surface area contributed by atoms with Gasteiger partial charge >= 0.3 is 6.03 Å². The molecule has 0 spiro atoms. The van der Waals surface area contributed by atoms with Gasteiger partial charge in [-0.05, 0) is 18.4 Å². The lowest BCUT2D eigenvalue weighted by molar-refractivity contribution is 0.0181. The van der Waals surface area contributed by atoms with Crippen LogP contribution in [0.25, 0.3) is 0 Å². The second kappa shape index (κ2) is 7.26. The molecule has 0 saturated heterocycles. The average molecular weight is 278 g/mol. The Morgan fingerprint density at radius 2 is 2.15 bits per heavy atom. The van der Waals surface area contributed by atoms with E-state index in [2.05, 4.69) is 5.32 Å². The molecule has 1 unspecified atom stereocenters. The maximum absolute atomic E-state index is 11.7. The normalized spacial score (nSPS) is 15.7. The number of urea groups is 1. The molecule has 1 atom stereocenters. The third-order valence-electron chi connectivity index (χ3n) is 3.16. The SMILES string of the molecule is CN(CC(O)COCc1ccccc1)C(=O)NC1CC1. The number of aliphatic hydroxyl groups is 1. The summed E-state index contributed by atoms with van der Waals surface area (Å²) in [6.07, 6.45) is 1.44. The number of likely N-dealkylation sites (N-methyl/N-ethyl adjacent to an activating group) is 1. The van der Waals surface area contributed by atoms with Crippen LogP contribution >= 0.6 is 0 Å².